The van der Waals surface area contributed by atoms with Gasteiger partial charge in [0.1, 0.15) is 6.17 Å². The second-order valence-corrected chi connectivity index (χ2v) is 18.0. The van der Waals surface area contributed by atoms with Crippen molar-refractivity contribution in [1.29, 1.82) is 0 Å². The van der Waals surface area contributed by atoms with Gasteiger partial charge < -0.3 is 0 Å². The predicted octanol–water partition coefficient (Wildman–Crippen LogP) is 17.6. The van der Waals surface area contributed by atoms with Gasteiger partial charge in [0.05, 0.1) is 0 Å². The standard InChI is InChI=1S/C14H21F.C14H22.C13H20.C12H18/c1-9(2)12-6-13(10(3)4)8-14(7-12)11(5)15;1-6-12-7-13(10(2)3)9-14(8-12)11(4)5;1-9(2)12-6-11(5)7-13(8-12)10(3)4;1-9(2)11-6-5-7-12(8-11)10(3)4/h6-11H,1-5H3;7-11H,6H2,1-5H3;6-10H,1-5H3;5-10H,1-4H3. The zero-order chi connectivity index (χ0) is 41.4. The molecule has 4 aromatic rings. The van der Waals surface area contributed by atoms with E-state index >= 15 is 0 Å². The van der Waals surface area contributed by atoms with Crippen molar-refractivity contribution >= 4 is 0 Å². The van der Waals surface area contributed by atoms with Crippen LogP contribution in [0.2, 0.25) is 0 Å². The first-order valence-corrected chi connectivity index (χ1v) is 21.2. The minimum atomic E-state index is -0.874. The number of benzene rings is 4. The van der Waals surface area contributed by atoms with Crippen LogP contribution in [-0.4, -0.2) is 0 Å². The van der Waals surface area contributed by atoms with Crippen LogP contribution in [0.4, 0.5) is 4.39 Å². The van der Waals surface area contributed by atoms with E-state index in [2.05, 4.69) is 191 Å². The van der Waals surface area contributed by atoms with Crippen LogP contribution >= 0.6 is 0 Å². The maximum absolute atomic E-state index is 13.3. The van der Waals surface area contributed by atoms with E-state index in [1.165, 1.54) is 55.6 Å². The lowest BCUT2D eigenvalue weighted by molar-refractivity contribution is 0.373. The summed E-state index contributed by atoms with van der Waals surface area (Å²) in [5.41, 5.74) is 14.9. The molecule has 0 aliphatic carbocycles. The van der Waals surface area contributed by atoms with E-state index in [1.807, 2.05) is 12.1 Å². The Morgan fingerprint density at radius 2 is 0.593 bits per heavy atom. The topological polar surface area (TPSA) is 0 Å². The Hall–Kier alpha value is -3.19. The molecule has 300 valence electrons. The largest absolute Gasteiger partial charge is 0.243 e. The van der Waals surface area contributed by atoms with Crippen LogP contribution in [0, 0.1) is 6.92 Å². The van der Waals surface area contributed by atoms with E-state index < -0.39 is 6.17 Å². The molecule has 0 heterocycles. The Morgan fingerprint density at radius 3 is 0.852 bits per heavy atom. The average molecular weight is 737 g/mol. The van der Waals surface area contributed by atoms with E-state index in [0.717, 1.165) is 12.0 Å². The molecule has 0 aromatic heterocycles. The second-order valence-electron chi connectivity index (χ2n) is 18.0. The molecule has 0 aliphatic heterocycles. The van der Waals surface area contributed by atoms with Crippen molar-refractivity contribution in [1.82, 2.24) is 0 Å². The Kier molecular flexibility index (Phi) is 21.4. The molecule has 0 spiro atoms. The van der Waals surface area contributed by atoms with E-state index in [9.17, 15) is 4.39 Å². The van der Waals surface area contributed by atoms with Gasteiger partial charge in [0.2, 0.25) is 0 Å². The second kappa shape index (κ2) is 23.7. The number of hydrogen-bond donors (Lipinski definition) is 0. The molecule has 0 saturated carbocycles. The molecule has 0 bridgehead atoms. The summed E-state index contributed by atoms with van der Waals surface area (Å²) in [6, 6.07) is 29.0. The molecule has 4 aromatic carbocycles. The first-order chi connectivity index (χ1) is 25.1. The lowest BCUT2D eigenvalue weighted by atomic mass is 9.92. The average Bonchev–Trinajstić information content (AvgIpc) is 3.11. The Balaban J connectivity index is 0.000000361. The van der Waals surface area contributed by atoms with E-state index in [-0.39, 0.29) is 0 Å². The summed E-state index contributed by atoms with van der Waals surface area (Å²) in [7, 11) is 0. The van der Waals surface area contributed by atoms with Crippen molar-refractivity contribution in [3.8, 4) is 0 Å². The van der Waals surface area contributed by atoms with Gasteiger partial charge >= 0.3 is 0 Å². The fraction of sp³-hybridized carbons (Fsp3) is 0.547. The van der Waals surface area contributed by atoms with Crippen LogP contribution in [0.3, 0.4) is 0 Å². The van der Waals surface area contributed by atoms with Crippen LogP contribution in [0.25, 0.3) is 0 Å². The molecular formula is C53H81F. The van der Waals surface area contributed by atoms with Crippen LogP contribution in [-0.2, 0) is 6.42 Å². The molecule has 1 heteroatoms. The minimum Gasteiger partial charge on any atom is -0.243 e. The SMILES string of the molecule is CC(C)c1cc(C(C)C)cc(C(C)F)c1.CC(C)c1cccc(C(C)C)c1.CCc1cc(C(C)C)cc(C(C)C)c1.Cc1cc(C(C)C)cc(C(C)C)c1. The van der Waals surface area contributed by atoms with Crippen LogP contribution in [0.1, 0.15) is 239 Å². The van der Waals surface area contributed by atoms with Gasteiger partial charge in [-0.3, -0.25) is 0 Å². The molecular weight excluding hydrogens is 656 g/mol. The molecule has 54 heavy (non-hydrogen) atoms. The van der Waals surface area contributed by atoms with E-state index in [1.54, 1.807) is 6.92 Å². The van der Waals surface area contributed by atoms with Gasteiger partial charge in [-0.1, -0.05) is 202 Å². The van der Waals surface area contributed by atoms with Crippen molar-refractivity contribution in [3.63, 3.8) is 0 Å². The van der Waals surface area contributed by atoms with Crippen LogP contribution in [0.5, 0.6) is 0 Å². The van der Waals surface area contributed by atoms with Crippen molar-refractivity contribution in [2.75, 3.05) is 0 Å². The number of hydrogen-bond acceptors (Lipinski definition) is 0. The maximum atomic E-state index is 13.3. The highest BCUT2D eigenvalue weighted by Gasteiger charge is 2.11. The summed E-state index contributed by atoms with van der Waals surface area (Å²) in [5.74, 6) is 4.75. The molecule has 0 fully saturated rings. The van der Waals surface area contributed by atoms with Crippen molar-refractivity contribution in [2.45, 2.75) is 191 Å². The summed E-state index contributed by atoms with van der Waals surface area (Å²) >= 11 is 0. The van der Waals surface area contributed by atoms with Crippen LogP contribution in [0.15, 0.2) is 78.9 Å². The zero-order valence-corrected chi connectivity index (χ0v) is 38.3. The molecule has 0 nitrogen and oxygen atoms in total. The number of alkyl halides is 1. The third-order valence-electron chi connectivity index (χ3n) is 10.3. The fourth-order valence-electron chi connectivity index (χ4n) is 6.00. The van der Waals surface area contributed by atoms with Crippen molar-refractivity contribution in [2.24, 2.45) is 0 Å². The third kappa shape index (κ3) is 17.1. The van der Waals surface area contributed by atoms with Gasteiger partial charge in [-0.2, -0.15) is 0 Å². The highest BCUT2D eigenvalue weighted by Crippen LogP contribution is 2.28. The molecule has 0 radical (unpaired) electrons. The van der Waals surface area contributed by atoms with Gasteiger partial charge in [0.25, 0.3) is 0 Å². The fourth-order valence-corrected chi connectivity index (χ4v) is 6.00. The first-order valence-electron chi connectivity index (χ1n) is 21.2. The monoisotopic (exact) mass is 737 g/mol. The Bertz CT molecular complexity index is 1500. The number of halogens is 1. The maximum Gasteiger partial charge on any atom is 0.122 e. The molecule has 1 atom stereocenters. The number of aryl methyl sites for hydroxylation is 2. The van der Waals surface area contributed by atoms with Crippen LogP contribution < -0.4 is 0 Å². The molecule has 1 unspecified atom stereocenters. The van der Waals surface area contributed by atoms with E-state index in [4.69, 9.17) is 0 Å². The van der Waals surface area contributed by atoms with Crippen molar-refractivity contribution < 1.29 is 4.39 Å². The Labute approximate surface area is 334 Å². The third-order valence-corrected chi connectivity index (χ3v) is 10.3. The van der Waals surface area contributed by atoms with Gasteiger partial charge in [-0.15, -0.1) is 0 Å². The molecule has 0 saturated heterocycles. The van der Waals surface area contributed by atoms with Crippen molar-refractivity contribution in [3.05, 3.63) is 140 Å². The predicted molar refractivity (Wildman–Crippen MR) is 242 cm³/mol. The highest BCUT2D eigenvalue weighted by atomic mass is 19.1. The minimum absolute atomic E-state index is 0.459. The van der Waals surface area contributed by atoms with E-state index in [0.29, 0.717) is 47.3 Å². The summed E-state index contributed by atoms with van der Waals surface area (Å²) in [4.78, 5) is 0. The molecule has 4 rings (SSSR count). The van der Waals surface area contributed by atoms with Gasteiger partial charge in [-0.25, -0.2) is 4.39 Å². The first kappa shape index (κ1) is 48.8. The van der Waals surface area contributed by atoms with Gasteiger partial charge in [-0.05, 0) is 123 Å². The summed E-state index contributed by atoms with van der Waals surface area (Å²) < 4.78 is 13.3. The summed E-state index contributed by atoms with van der Waals surface area (Å²) in [6.45, 7) is 41.6. The lowest BCUT2D eigenvalue weighted by Crippen LogP contribution is -1.97. The van der Waals surface area contributed by atoms with Gasteiger partial charge in [0, 0.05) is 0 Å². The number of rotatable bonds is 10. The smallest absolute Gasteiger partial charge is 0.122 e. The summed E-state index contributed by atoms with van der Waals surface area (Å²) in [5, 5.41) is 0. The quantitative estimate of drug-likeness (QED) is 0.152. The van der Waals surface area contributed by atoms with Gasteiger partial charge in [0.15, 0.2) is 0 Å². The summed E-state index contributed by atoms with van der Waals surface area (Å²) in [6.07, 6.45) is 0.265. The Morgan fingerprint density at radius 1 is 0.352 bits per heavy atom. The molecule has 0 N–H and O–H groups in total. The zero-order valence-electron chi connectivity index (χ0n) is 38.3. The molecule has 0 aliphatic rings. The normalized spacial score (nSPS) is 11.9. The molecule has 0 amide bonds. The lowest BCUT2D eigenvalue weighted by Gasteiger charge is -2.14. The highest BCUT2D eigenvalue weighted by molar-refractivity contribution is 5.36.